The Morgan fingerprint density at radius 1 is 1.30 bits per heavy atom. The lowest BCUT2D eigenvalue weighted by Gasteiger charge is -2.14. The molecular weight excluding hydrogens is 400 g/mol. The zero-order valence-electron chi connectivity index (χ0n) is 14.6. The fourth-order valence-corrected chi connectivity index (χ4v) is 4.10. The molecule has 0 radical (unpaired) electrons. The molecule has 144 valence electrons. The molecule has 0 saturated heterocycles. The monoisotopic (exact) mass is 415 g/mol. The Bertz CT molecular complexity index is 1040. The molecule has 0 aliphatic rings. The van der Waals surface area contributed by atoms with E-state index in [9.17, 15) is 18.1 Å². The molecule has 0 aliphatic heterocycles. The van der Waals surface area contributed by atoms with E-state index < -0.39 is 29.0 Å². The largest absolute Gasteiger partial charge is 0.610 e. The van der Waals surface area contributed by atoms with Gasteiger partial charge in [0.1, 0.15) is 17.8 Å². The quantitative estimate of drug-likeness (QED) is 0.575. The van der Waals surface area contributed by atoms with E-state index in [0.717, 1.165) is 15.9 Å². The van der Waals surface area contributed by atoms with Gasteiger partial charge in [-0.05, 0) is 23.5 Å². The number of alkyl halides is 2. The molecule has 1 aromatic carbocycles. The molecule has 27 heavy (non-hydrogen) atoms. The van der Waals surface area contributed by atoms with Gasteiger partial charge < -0.3 is 14.0 Å². The third kappa shape index (κ3) is 3.75. The summed E-state index contributed by atoms with van der Waals surface area (Å²) >= 11 is -0.574. The highest BCUT2D eigenvalue weighted by molar-refractivity contribution is 7.92. The number of aromatic nitrogens is 3. The van der Waals surface area contributed by atoms with Crippen LogP contribution in [0.1, 0.15) is 17.8 Å². The third-order valence-corrected chi connectivity index (χ3v) is 6.07. The Morgan fingerprint density at radius 2 is 2.04 bits per heavy atom. The molecule has 3 rings (SSSR count). The number of nitrogens with zero attached hydrogens (tertiary/aromatic N) is 3. The number of fused-ring (bicyclic) bond motifs is 1. The second kappa shape index (κ2) is 7.79. The second-order valence-electron chi connectivity index (χ2n) is 5.43. The fraction of sp³-hybridized carbons (Fsp3) is 0.312. The van der Waals surface area contributed by atoms with Crippen LogP contribution in [0.25, 0.3) is 10.3 Å². The number of benzene rings is 1. The van der Waals surface area contributed by atoms with Gasteiger partial charge in [0.2, 0.25) is 0 Å². The maximum Gasteiger partial charge on any atom is 0.304 e. The number of thiazole rings is 1. The van der Waals surface area contributed by atoms with Gasteiger partial charge in [0, 0.05) is 22.8 Å². The van der Waals surface area contributed by atoms with Gasteiger partial charge in [-0.3, -0.25) is 9.36 Å². The summed E-state index contributed by atoms with van der Waals surface area (Å²) in [6.07, 6.45) is -1.57. The highest BCUT2D eigenvalue weighted by atomic mass is 32.2. The lowest BCUT2D eigenvalue weighted by atomic mass is 10.2. The van der Waals surface area contributed by atoms with Gasteiger partial charge in [-0.2, -0.15) is 4.98 Å². The smallest absolute Gasteiger partial charge is 0.304 e. The van der Waals surface area contributed by atoms with Crippen LogP contribution < -0.4 is 15.0 Å². The van der Waals surface area contributed by atoms with Crippen molar-refractivity contribution in [2.75, 3.05) is 20.5 Å². The minimum atomic E-state index is -2.97. The van der Waals surface area contributed by atoms with Gasteiger partial charge in [0.05, 0.1) is 20.8 Å². The first kappa shape index (κ1) is 19.5. The first-order valence-electron chi connectivity index (χ1n) is 7.59. The lowest BCUT2D eigenvalue weighted by molar-refractivity contribution is 0.134. The summed E-state index contributed by atoms with van der Waals surface area (Å²) in [5.74, 6) is 0.234. The number of ether oxygens (including phenoxy) is 2. The van der Waals surface area contributed by atoms with Crippen molar-refractivity contribution in [2.24, 2.45) is 0 Å². The van der Waals surface area contributed by atoms with Crippen molar-refractivity contribution in [1.29, 1.82) is 0 Å². The molecule has 2 aromatic heterocycles. The Labute approximate surface area is 159 Å². The highest BCUT2D eigenvalue weighted by Crippen LogP contribution is 2.28. The van der Waals surface area contributed by atoms with Gasteiger partial charge in [0.25, 0.3) is 12.0 Å². The molecule has 0 spiro atoms. The normalized spacial score (nSPS) is 12.6. The average molecular weight is 415 g/mol. The van der Waals surface area contributed by atoms with Gasteiger partial charge in [-0.15, -0.1) is 0 Å². The summed E-state index contributed by atoms with van der Waals surface area (Å²) in [7, 11) is 2.92. The highest BCUT2D eigenvalue weighted by Gasteiger charge is 2.24. The summed E-state index contributed by atoms with van der Waals surface area (Å²) in [6.45, 7) is -0.184. The van der Waals surface area contributed by atoms with Crippen LogP contribution >= 0.6 is 11.3 Å². The van der Waals surface area contributed by atoms with Crippen molar-refractivity contribution in [3.63, 3.8) is 0 Å². The molecule has 2 heterocycles. The Morgan fingerprint density at radius 3 is 2.63 bits per heavy atom. The molecule has 0 saturated carbocycles. The summed E-state index contributed by atoms with van der Waals surface area (Å²) in [6, 6.07) is 4.85. The van der Waals surface area contributed by atoms with Crippen molar-refractivity contribution >= 4 is 32.9 Å². The second-order valence-corrected chi connectivity index (χ2v) is 7.96. The topological polar surface area (TPSA) is 89.3 Å². The summed E-state index contributed by atoms with van der Waals surface area (Å²) < 4.78 is 50.1. The van der Waals surface area contributed by atoms with Crippen molar-refractivity contribution in [3.8, 4) is 11.5 Å². The summed E-state index contributed by atoms with van der Waals surface area (Å²) in [5.41, 5.74) is -0.304. The molecule has 0 N–H and O–H groups in total. The van der Waals surface area contributed by atoms with Crippen LogP contribution in [0.15, 0.2) is 27.3 Å². The molecule has 7 nitrogen and oxygen atoms in total. The molecule has 0 bridgehead atoms. The Hall–Kier alpha value is -2.24. The van der Waals surface area contributed by atoms with E-state index in [0.29, 0.717) is 17.1 Å². The van der Waals surface area contributed by atoms with Crippen LogP contribution in [0.3, 0.4) is 0 Å². The Balaban J connectivity index is 2.17. The predicted octanol–water partition coefficient (Wildman–Crippen LogP) is 2.59. The fourth-order valence-electron chi connectivity index (χ4n) is 2.50. The molecular formula is C16H15F2N3O4S2. The number of rotatable bonds is 6. The summed E-state index contributed by atoms with van der Waals surface area (Å²) in [4.78, 5) is 20.7. The average Bonchev–Trinajstić information content (AvgIpc) is 3.08. The van der Waals surface area contributed by atoms with Crippen LogP contribution in [0.4, 0.5) is 8.78 Å². The Kier molecular flexibility index (Phi) is 5.63. The van der Waals surface area contributed by atoms with Crippen molar-refractivity contribution in [1.82, 2.24) is 14.5 Å². The molecule has 1 unspecified atom stereocenters. The van der Waals surface area contributed by atoms with E-state index in [-0.39, 0.29) is 21.2 Å². The van der Waals surface area contributed by atoms with Gasteiger partial charge in [0.15, 0.2) is 16.2 Å². The lowest BCUT2D eigenvalue weighted by Crippen LogP contribution is -2.26. The number of hydrogen-bond donors (Lipinski definition) is 0. The maximum atomic E-state index is 13.6. The van der Waals surface area contributed by atoms with Crippen LogP contribution in [0.5, 0.6) is 11.5 Å². The first-order valence-corrected chi connectivity index (χ1v) is 9.97. The van der Waals surface area contributed by atoms with Crippen molar-refractivity contribution in [3.05, 3.63) is 39.9 Å². The van der Waals surface area contributed by atoms with Gasteiger partial charge in [-0.1, -0.05) is 0 Å². The van der Waals surface area contributed by atoms with E-state index in [1.54, 1.807) is 18.2 Å². The van der Waals surface area contributed by atoms with E-state index in [2.05, 4.69) is 9.97 Å². The number of halogens is 2. The van der Waals surface area contributed by atoms with E-state index in [1.165, 1.54) is 20.5 Å². The molecule has 0 aliphatic carbocycles. The first-order chi connectivity index (χ1) is 12.8. The van der Waals surface area contributed by atoms with E-state index >= 15 is 0 Å². The zero-order chi connectivity index (χ0) is 19.7. The molecule has 0 amide bonds. The van der Waals surface area contributed by atoms with Crippen molar-refractivity contribution in [2.45, 2.75) is 17.3 Å². The van der Waals surface area contributed by atoms with Gasteiger partial charge >= 0.3 is 4.34 Å². The molecule has 0 fully saturated rings. The maximum absolute atomic E-state index is 13.6. The number of hydrogen-bond acceptors (Lipinski definition) is 7. The van der Waals surface area contributed by atoms with Crippen LogP contribution in [0, 0.1) is 0 Å². The standard InChI is InChI=1S/C16H15F2N3O4S2/c1-24-9-5-4-8(10(6-9)25-2)7-21-13(12(17)18)20-14-11(15(21)22)19-16(26-14)27(3)23/h4-6,12H,7H2,1-3H3. The molecule has 3 aromatic rings. The van der Waals surface area contributed by atoms with E-state index in [4.69, 9.17) is 9.47 Å². The predicted molar refractivity (Wildman–Crippen MR) is 97.6 cm³/mol. The number of methoxy groups -OCH3 is 2. The van der Waals surface area contributed by atoms with Crippen LogP contribution in [-0.4, -0.2) is 39.6 Å². The minimum absolute atomic E-state index is 0.0402. The van der Waals surface area contributed by atoms with Crippen molar-refractivity contribution < 1.29 is 22.8 Å². The van der Waals surface area contributed by atoms with Crippen LogP contribution in [-0.2, 0) is 17.7 Å². The van der Waals surface area contributed by atoms with Gasteiger partial charge in [-0.25, -0.2) is 13.8 Å². The third-order valence-electron chi connectivity index (χ3n) is 3.79. The SMILES string of the molecule is COc1ccc(Cn2c(C(F)F)nc3sc([S+](C)[O-])nc3c2=O)c(OC)c1. The van der Waals surface area contributed by atoms with Crippen LogP contribution in [0.2, 0.25) is 0 Å². The summed E-state index contributed by atoms with van der Waals surface area (Å²) in [5, 5.41) is 0. The minimum Gasteiger partial charge on any atom is -0.610 e. The zero-order valence-corrected chi connectivity index (χ0v) is 16.2. The molecule has 11 heteroatoms. The van der Waals surface area contributed by atoms with E-state index in [1.807, 2.05) is 0 Å². The molecule has 1 atom stereocenters.